The molecule has 0 radical (unpaired) electrons. The van der Waals surface area contributed by atoms with Crippen molar-refractivity contribution < 1.29 is 46.1 Å². The van der Waals surface area contributed by atoms with E-state index in [0.717, 1.165) is 16.7 Å². The van der Waals surface area contributed by atoms with Gasteiger partial charge in [0.05, 0.1) is 18.6 Å². The van der Waals surface area contributed by atoms with Crippen molar-refractivity contribution in [3.8, 4) is 22.6 Å². The Morgan fingerprint density at radius 3 is 2.05 bits per heavy atom. The average molecular weight is 600 g/mol. The van der Waals surface area contributed by atoms with Gasteiger partial charge in [0.2, 0.25) is 0 Å². The van der Waals surface area contributed by atoms with Crippen LogP contribution >= 0.6 is 11.6 Å². The largest absolute Gasteiger partial charge is 0.493 e. The molecule has 0 fully saturated rings. The average Bonchev–Trinajstić information content (AvgIpc) is 2.89. The Hall–Kier alpha value is -3.86. The number of amides is 1. The van der Waals surface area contributed by atoms with Crippen LogP contribution in [0.2, 0.25) is 5.02 Å². The Bertz CT molecular complexity index is 1360. The molecule has 0 bridgehead atoms. The maximum Gasteiger partial charge on any atom is 0.453 e. The number of nitrogens with one attached hydrogen (secondary N) is 1. The molecule has 3 aromatic rings. The van der Waals surface area contributed by atoms with Crippen molar-refractivity contribution in [2.24, 2.45) is 0 Å². The van der Waals surface area contributed by atoms with E-state index in [9.17, 15) is 36.6 Å². The molecule has 0 heterocycles. The summed E-state index contributed by atoms with van der Waals surface area (Å²) < 4.78 is 74.1. The highest BCUT2D eigenvalue weighted by molar-refractivity contribution is 6.31. The molecule has 0 atom stereocenters. The predicted molar refractivity (Wildman–Crippen MR) is 143 cm³/mol. The highest BCUT2D eigenvalue weighted by Crippen LogP contribution is 2.38. The van der Waals surface area contributed by atoms with Crippen LogP contribution in [0.3, 0.4) is 0 Å². The van der Waals surface area contributed by atoms with Crippen LogP contribution in [-0.2, 0) is 11.2 Å². The van der Waals surface area contributed by atoms with Crippen LogP contribution in [0.5, 0.6) is 11.5 Å². The minimum Gasteiger partial charge on any atom is -0.493 e. The van der Waals surface area contributed by atoms with Crippen LogP contribution in [0.4, 0.5) is 22.0 Å². The smallest absolute Gasteiger partial charge is 0.453 e. The maximum atomic E-state index is 13.2. The molecule has 2 N–H and O–H groups in total. The minimum absolute atomic E-state index is 0.0951. The molecule has 0 aliphatic rings. The van der Waals surface area contributed by atoms with Gasteiger partial charge >= 0.3 is 18.1 Å². The monoisotopic (exact) mass is 599 g/mol. The summed E-state index contributed by atoms with van der Waals surface area (Å²) in [4.78, 5) is 23.9. The molecule has 0 spiro atoms. The summed E-state index contributed by atoms with van der Waals surface area (Å²) >= 11 is 5.94. The third kappa shape index (κ3) is 8.56. The first kappa shape index (κ1) is 31.7. The van der Waals surface area contributed by atoms with Gasteiger partial charge in [0.15, 0.2) is 5.60 Å². The van der Waals surface area contributed by atoms with Crippen LogP contribution in [-0.4, -0.2) is 47.8 Å². The number of halogens is 6. The summed E-state index contributed by atoms with van der Waals surface area (Å²) in [6.45, 7) is 2.15. The molecule has 41 heavy (non-hydrogen) atoms. The molecular weight excluding hydrogens is 573 g/mol. The van der Waals surface area contributed by atoms with E-state index in [-0.39, 0.29) is 22.9 Å². The summed E-state index contributed by atoms with van der Waals surface area (Å²) in [7, 11) is 0. The molecule has 0 aromatic heterocycles. The van der Waals surface area contributed by atoms with Crippen molar-refractivity contribution >= 4 is 23.5 Å². The van der Waals surface area contributed by atoms with Gasteiger partial charge in [-0.25, -0.2) is 4.79 Å². The number of ether oxygens (including phenoxy) is 2. The quantitative estimate of drug-likeness (QED) is 0.215. The number of alkyl halides is 5. The number of hydrogen-bond donors (Lipinski definition) is 2. The van der Waals surface area contributed by atoms with Crippen LogP contribution in [0, 0.1) is 0 Å². The van der Waals surface area contributed by atoms with Gasteiger partial charge in [-0.2, -0.15) is 22.0 Å². The standard InChI is InChI=1S/C29H27ClF5NO5/c1-27(2,26(38)39)41-22-10-7-20(8-11-22)19-5-3-18(4-6-19)13-15-36-25(37)23-17-21(30)9-12-24(23)40-16-14-28(31,32)29(33,34)35/h3-12,17H,13-16H2,1-2H3,(H,36,37)(H,38,39). The van der Waals surface area contributed by atoms with Gasteiger partial charge in [0.1, 0.15) is 11.5 Å². The third-order valence-corrected chi connectivity index (χ3v) is 6.24. The van der Waals surface area contributed by atoms with E-state index in [2.05, 4.69) is 5.32 Å². The molecule has 3 rings (SSSR count). The topological polar surface area (TPSA) is 84.9 Å². The Labute approximate surface area is 238 Å². The zero-order chi connectivity index (χ0) is 30.4. The molecule has 0 unspecified atom stereocenters. The van der Waals surface area contributed by atoms with Crippen LogP contribution in [0.1, 0.15) is 36.2 Å². The van der Waals surface area contributed by atoms with Crippen molar-refractivity contribution in [2.75, 3.05) is 13.2 Å². The first-order valence-electron chi connectivity index (χ1n) is 12.4. The zero-order valence-electron chi connectivity index (χ0n) is 22.0. The van der Waals surface area contributed by atoms with Gasteiger partial charge in [-0.1, -0.05) is 48.0 Å². The van der Waals surface area contributed by atoms with Crippen LogP contribution in [0.15, 0.2) is 66.7 Å². The molecule has 0 aliphatic heterocycles. The third-order valence-electron chi connectivity index (χ3n) is 6.00. The van der Waals surface area contributed by atoms with Gasteiger partial charge in [0, 0.05) is 11.6 Å². The lowest BCUT2D eigenvalue weighted by atomic mass is 10.0. The lowest BCUT2D eigenvalue weighted by Crippen LogP contribution is -2.37. The van der Waals surface area contributed by atoms with E-state index < -0.39 is 42.6 Å². The van der Waals surface area contributed by atoms with Crippen molar-refractivity contribution in [1.29, 1.82) is 0 Å². The second-order valence-corrected chi connectivity index (χ2v) is 10.0. The Morgan fingerprint density at radius 2 is 1.49 bits per heavy atom. The zero-order valence-corrected chi connectivity index (χ0v) is 22.8. The second kappa shape index (κ2) is 12.8. The second-order valence-electron chi connectivity index (χ2n) is 9.59. The number of rotatable bonds is 12. The fraction of sp³-hybridized carbons (Fsp3) is 0.310. The summed E-state index contributed by atoms with van der Waals surface area (Å²) in [6, 6.07) is 18.3. The summed E-state index contributed by atoms with van der Waals surface area (Å²) in [5, 5.41) is 12.0. The Balaban J connectivity index is 1.55. The first-order chi connectivity index (χ1) is 19.1. The van der Waals surface area contributed by atoms with E-state index in [0.29, 0.717) is 12.2 Å². The van der Waals surface area contributed by atoms with Crippen LogP contribution in [0.25, 0.3) is 11.1 Å². The number of carboxylic acid groups (broad SMARTS) is 1. The molecule has 1 amide bonds. The molecule has 0 aliphatic carbocycles. The Morgan fingerprint density at radius 1 is 0.902 bits per heavy atom. The molecule has 12 heteroatoms. The number of hydrogen-bond acceptors (Lipinski definition) is 4. The van der Waals surface area contributed by atoms with Crippen molar-refractivity contribution in [2.45, 2.75) is 44.4 Å². The number of carbonyl (C=O) groups excluding carboxylic acids is 1. The Kier molecular flexibility index (Phi) is 9.85. The predicted octanol–water partition coefficient (Wildman–Crippen LogP) is 7.19. The number of benzene rings is 3. The number of aliphatic carboxylic acids is 1. The highest BCUT2D eigenvalue weighted by Gasteiger charge is 2.56. The van der Waals surface area contributed by atoms with Crippen molar-refractivity contribution in [1.82, 2.24) is 5.32 Å². The fourth-order valence-corrected chi connectivity index (χ4v) is 3.74. The molecule has 0 saturated carbocycles. The van der Waals surface area contributed by atoms with E-state index >= 15 is 0 Å². The van der Waals surface area contributed by atoms with E-state index in [4.69, 9.17) is 21.1 Å². The SMILES string of the molecule is CC(C)(Oc1ccc(-c2ccc(CCNC(=O)c3cc(Cl)ccc3OCCC(F)(F)C(F)(F)F)cc2)cc1)C(=O)O. The number of carboxylic acids is 1. The van der Waals surface area contributed by atoms with Crippen LogP contribution < -0.4 is 14.8 Å². The molecule has 220 valence electrons. The molecule has 6 nitrogen and oxygen atoms in total. The number of carbonyl (C=O) groups is 2. The van der Waals surface area contributed by atoms with Gasteiger partial charge in [-0.3, -0.25) is 4.79 Å². The maximum absolute atomic E-state index is 13.2. The van der Waals surface area contributed by atoms with Gasteiger partial charge in [-0.05, 0) is 67.3 Å². The molecular formula is C29H27ClF5NO5. The summed E-state index contributed by atoms with van der Waals surface area (Å²) in [5.74, 6) is -6.39. The van der Waals surface area contributed by atoms with Gasteiger partial charge < -0.3 is 19.9 Å². The van der Waals surface area contributed by atoms with E-state index in [1.807, 2.05) is 24.3 Å². The minimum atomic E-state index is -5.70. The lowest BCUT2D eigenvalue weighted by molar-refractivity contribution is -0.285. The highest BCUT2D eigenvalue weighted by atomic mass is 35.5. The lowest BCUT2D eigenvalue weighted by Gasteiger charge is -2.21. The van der Waals surface area contributed by atoms with Crippen molar-refractivity contribution in [3.05, 3.63) is 82.9 Å². The van der Waals surface area contributed by atoms with Crippen molar-refractivity contribution in [3.63, 3.8) is 0 Å². The van der Waals surface area contributed by atoms with E-state index in [1.165, 1.54) is 32.0 Å². The van der Waals surface area contributed by atoms with Gasteiger partial charge in [0.25, 0.3) is 5.91 Å². The summed E-state index contributed by atoms with van der Waals surface area (Å²) in [6.07, 6.45) is -6.86. The summed E-state index contributed by atoms with van der Waals surface area (Å²) in [5.41, 5.74) is 1.22. The first-order valence-corrected chi connectivity index (χ1v) is 12.7. The normalized spacial score (nSPS) is 12.1. The van der Waals surface area contributed by atoms with Gasteiger partial charge in [-0.15, -0.1) is 0 Å². The molecule has 0 saturated heterocycles. The molecule has 3 aromatic carbocycles. The van der Waals surface area contributed by atoms with E-state index in [1.54, 1.807) is 24.3 Å². The fourth-order valence-electron chi connectivity index (χ4n) is 3.57.